The van der Waals surface area contributed by atoms with Gasteiger partial charge in [0, 0.05) is 30.0 Å². The molecule has 1 fully saturated rings. The normalized spacial score (nSPS) is 14.6. The second kappa shape index (κ2) is 14.3. The summed E-state index contributed by atoms with van der Waals surface area (Å²) in [6.45, 7) is 4.69. The van der Waals surface area contributed by atoms with Gasteiger partial charge in [0.15, 0.2) is 0 Å². The predicted octanol–water partition coefficient (Wildman–Crippen LogP) is 7.69. The lowest BCUT2D eigenvalue weighted by Crippen LogP contribution is -2.53. The van der Waals surface area contributed by atoms with Crippen molar-refractivity contribution in [1.82, 2.24) is 5.32 Å². The molecule has 5 rings (SSSR count). The number of carbonyl (C=O) groups is 3. The summed E-state index contributed by atoms with van der Waals surface area (Å²) in [6, 6.07) is 28.6. The minimum absolute atomic E-state index is 0.0559. The fraction of sp³-hybridized carbons (Fsp3) is 0.289. The summed E-state index contributed by atoms with van der Waals surface area (Å²) in [6.07, 6.45) is -2.93. The summed E-state index contributed by atoms with van der Waals surface area (Å²) >= 11 is 0. The van der Waals surface area contributed by atoms with Crippen molar-refractivity contribution < 1.29 is 32.3 Å². The molecule has 1 atom stereocenters. The van der Waals surface area contributed by atoms with Gasteiger partial charge in [0.2, 0.25) is 5.91 Å². The van der Waals surface area contributed by atoms with Crippen molar-refractivity contribution in [2.75, 3.05) is 30.4 Å². The Morgan fingerprint density at radius 3 is 2.02 bits per heavy atom. The van der Waals surface area contributed by atoms with Crippen LogP contribution in [-0.4, -0.2) is 43.5 Å². The molecule has 1 aliphatic heterocycles. The van der Waals surface area contributed by atoms with Crippen molar-refractivity contribution in [2.24, 2.45) is 5.92 Å². The number of anilines is 2. The van der Waals surface area contributed by atoms with E-state index in [0.717, 1.165) is 36.2 Å². The third-order valence-corrected chi connectivity index (χ3v) is 8.77. The third-order valence-electron chi connectivity index (χ3n) is 8.77. The van der Waals surface area contributed by atoms with E-state index >= 15 is 0 Å². The van der Waals surface area contributed by atoms with E-state index in [1.165, 1.54) is 19.2 Å². The SMILES string of the molecule is COC(=O)C(C)(C)NC(=O)C(c1ccccc1)C1CCN(c2ccc(NC(=O)c3ccccc3-c3ccc(C(F)(F)F)cc3)cc2)CC1. The van der Waals surface area contributed by atoms with Gasteiger partial charge in [0.1, 0.15) is 5.54 Å². The van der Waals surface area contributed by atoms with E-state index in [-0.39, 0.29) is 17.7 Å². The van der Waals surface area contributed by atoms with E-state index in [9.17, 15) is 27.6 Å². The van der Waals surface area contributed by atoms with Crippen LogP contribution in [0.3, 0.4) is 0 Å². The first-order valence-corrected chi connectivity index (χ1v) is 15.8. The van der Waals surface area contributed by atoms with Crippen LogP contribution in [0.15, 0.2) is 103 Å². The molecule has 0 aliphatic carbocycles. The van der Waals surface area contributed by atoms with Crippen LogP contribution < -0.4 is 15.5 Å². The Balaban J connectivity index is 1.24. The maximum atomic E-state index is 13.6. The van der Waals surface area contributed by atoms with E-state index < -0.39 is 29.2 Å². The molecule has 1 aliphatic rings. The van der Waals surface area contributed by atoms with E-state index in [2.05, 4.69) is 15.5 Å². The van der Waals surface area contributed by atoms with Gasteiger partial charge in [-0.3, -0.25) is 9.59 Å². The first kappa shape index (κ1) is 34.2. The average Bonchev–Trinajstić information content (AvgIpc) is 3.08. The molecule has 10 heteroatoms. The van der Waals surface area contributed by atoms with Crippen molar-refractivity contribution in [1.29, 1.82) is 0 Å². The number of halogens is 3. The van der Waals surface area contributed by atoms with Crippen molar-refractivity contribution in [3.63, 3.8) is 0 Å². The molecule has 2 amide bonds. The van der Waals surface area contributed by atoms with Crippen LogP contribution in [0.5, 0.6) is 0 Å². The Labute approximate surface area is 278 Å². The van der Waals surface area contributed by atoms with Gasteiger partial charge in [-0.15, -0.1) is 0 Å². The molecule has 2 N–H and O–H groups in total. The van der Waals surface area contributed by atoms with Crippen LogP contribution in [-0.2, 0) is 20.5 Å². The van der Waals surface area contributed by atoms with Crippen LogP contribution in [0, 0.1) is 5.92 Å². The van der Waals surface area contributed by atoms with E-state index in [1.807, 2.05) is 54.6 Å². The second-order valence-electron chi connectivity index (χ2n) is 12.4. The van der Waals surface area contributed by atoms with E-state index in [4.69, 9.17) is 4.74 Å². The Morgan fingerprint density at radius 2 is 1.42 bits per heavy atom. The minimum atomic E-state index is -4.44. The van der Waals surface area contributed by atoms with Gasteiger partial charge >= 0.3 is 12.1 Å². The van der Waals surface area contributed by atoms with E-state index in [0.29, 0.717) is 35.5 Å². The molecule has 48 heavy (non-hydrogen) atoms. The molecule has 0 aromatic heterocycles. The highest BCUT2D eigenvalue weighted by atomic mass is 19.4. The minimum Gasteiger partial charge on any atom is -0.467 e. The summed E-state index contributed by atoms with van der Waals surface area (Å²) in [5.41, 5.74) is 1.91. The maximum Gasteiger partial charge on any atom is 0.416 e. The number of hydrogen-bond donors (Lipinski definition) is 2. The number of carbonyl (C=O) groups excluding carboxylic acids is 3. The first-order valence-electron chi connectivity index (χ1n) is 15.8. The summed E-state index contributed by atoms with van der Waals surface area (Å²) in [5, 5.41) is 5.80. The number of alkyl halides is 3. The zero-order chi connectivity index (χ0) is 34.5. The van der Waals surface area contributed by atoms with Crippen molar-refractivity contribution in [2.45, 2.75) is 44.3 Å². The molecule has 1 saturated heterocycles. The Kier molecular flexibility index (Phi) is 10.2. The highest BCUT2D eigenvalue weighted by Gasteiger charge is 2.38. The number of benzene rings is 4. The standard InChI is InChI=1S/C38H38F3N3O4/c1-37(2,36(47)48-3)43-35(46)33(26-9-5-4-6-10-26)27-21-23-44(24-22-27)30-19-17-29(18-20-30)42-34(45)32-12-8-7-11-31(32)25-13-15-28(16-14-25)38(39,40)41/h4-20,27,33H,21-24H2,1-3H3,(H,42,45)(H,43,46). The number of nitrogens with one attached hydrogen (secondary N) is 2. The molecular formula is C38H38F3N3O4. The van der Waals surface area contributed by atoms with Crippen LogP contribution in [0.1, 0.15) is 54.1 Å². The summed E-state index contributed by atoms with van der Waals surface area (Å²) in [5.74, 6) is -1.48. The Bertz CT molecular complexity index is 1730. The number of esters is 1. The van der Waals surface area contributed by atoms with Crippen LogP contribution >= 0.6 is 0 Å². The average molecular weight is 658 g/mol. The number of hydrogen-bond acceptors (Lipinski definition) is 5. The predicted molar refractivity (Wildman–Crippen MR) is 180 cm³/mol. The molecular weight excluding hydrogens is 619 g/mol. The fourth-order valence-corrected chi connectivity index (χ4v) is 6.21. The molecule has 0 bridgehead atoms. The third kappa shape index (κ3) is 7.87. The Morgan fingerprint density at radius 1 is 0.812 bits per heavy atom. The molecule has 7 nitrogen and oxygen atoms in total. The van der Waals surface area contributed by atoms with Gasteiger partial charge in [0.05, 0.1) is 18.6 Å². The zero-order valence-corrected chi connectivity index (χ0v) is 27.0. The second-order valence-corrected chi connectivity index (χ2v) is 12.4. The van der Waals surface area contributed by atoms with Gasteiger partial charge in [0.25, 0.3) is 5.91 Å². The molecule has 0 spiro atoms. The highest BCUT2D eigenvalue weighted by Crippen LogP contribution is 2.36. The topological polar surface area (TPSA) is 87.7 Å². The molecule has 4 aromatic rings. The molecule has 1 heterocycles. The first-order chi connectivity index (χ1) is 22.9. The fourth-order valence-electron chi connectivity index (χ4n) is 6.21. The molecule has 4 aromatic carbocycles. The van der Waals surface area contributed by atoms with Crippen LogP contribution in [0.25, 0.3) is 11.1 Å². The monoisotopic (exact) mass is 657 g/mol. The van der Waals surface area contributed by atoms with E-state index in [1.54, 1.807) is 38.1 Å². The van der Waals surface area contributed by atoms with Gasteiger partial charge in [-0.25, -0.2) is 4.79 Å². The highest BCUT2D eigenvalue weighted by molar-refractivity contribution is 6.08. The number of piperidine rings is 1. The van der Waals surface area contributed by atoms with Crippen molar-refractivity contribution >= 4 is 29.2 Å². The molecule has 1 unspecified atom stereocenters. The molecule has 0 radical (unpaired) electrons. The van der Waals surface area contributed by atoms with Crippen LogP contribution in [0.4, 0.5) is 24.5 Å². The maximum absolute atomic E-state index is 13.6. The van der Waals surface area contributed by atoms with Gasteiger partial charge in [-0.1, -0.05) is 60.7 Å². The number of methoxy groups -OCH3 is 1. The summed E-state index contributed by atoms with van der Waals surface area (Å²) < 4.78 is 44.0. The number of nitrogens with zero attached hydrogens (tertiary/aromatic N) is 1. The smallest absolute Gasteiger partial charge is 0.416 e. The summed E-state index contributed by atoms with van der Waals surface area (Å²) in [7, 11) is 1.30. The lowest BCUT2D eigenvalue weighted by Gasteiger charge is -2.38. The largest absolute Gasteiger partial charge is 0.467 e. The van der Waals surface area contributed by atoms with Crippen molar-refractivity contribution in [3.05, 3.63) is 120 Å². The van der Waals surface area contributed by atoms with Gasteiger partial charge < -0.3 is 20.3 Å². The number of amides is 2. The molecule has 250 valence electrons. The van der Waals surface area contributed by atoms with Crippen molar-refractivity contribution in [3.8, 4) is 11.1 Å². The van der Waals surface area contributed by atoms with Gasteiger partial charge in [-0.05, 0) is 91.8 Å². The van der Waals surface area contributed by atoms with Gasteiger partial charge in [-0.2, -0.15) is 13.2 Å². The summed E-state index contributed by atoms with van der Waals surface area (Å²) in [4.78, 5) is 41.4. The molecule has 0 saturated carbocycles. The lowest BCUT2D eigenvalue weighted by molar-refractivity contribution is -0.149. The zero-order valence-electron chi connectivity index (χ0n) is 27.0. The Hall–Kier alpha value is -5.12. The lowest BCUT2D eigenvalue weighted by atomic mass is 9.79. The quantitative estimate of drug-likeness (QED) is 0.180. The number of rotatable bonds is 9. The number of ether oxygens (including phenoxy) is 1. The van der Waals surface area contributed by atoms with Crippen LogP contribution in [0.2, 0.25) is 0 Å².